The van der Waals surface area contributed by atoms with E-state index < -0.39 is 0 Å². The van der Waals surface area contributed by atoms with Gasteiger partial charge in [0.2, 0.25) is 0 Å². The minimum absolute atomic E-state index is 0.0916. The van der Waals surface area contributed by atoms with E-state index in [1.165, 1.54) is 11.3 Å². The Morgan fingerprint density at radius 3 is 2.67 bits per heavy atom. The van der Waals surface area contributed by atoms with E-state index >= 15 is 0 Å². The number of fused-ring (bicyclic) bond motifs is 1. The molecule has 4 rings (SSSR count). The zero-order valence-corrected chi connectivity index (χ0v) is 13.9. The summed E-state index contributed by atoms with van der Waals surface area (Å²) in [6, 6.07) is 17.5. The number of aromatic amines is 1. The summed E-state index contributed by atoms with van der Waals surface area (Å²) in [4.78, 5) is 21.2. The van der Waals surface area contributed by atoms with Gasteiger partial charge in [0.25, 0.3) is 5.91 Å². The van der Waals surface area contributed by atoms with E-state index in [0.717, 1.165) is 38.5 Å². The summed E-state index contributed by atoms with van der Waals surface area (Å²) in [6.07, 6.45) is 0. The number of hydrogen-bond donors (Lipinski definition) is 2. The van der Waals surface area contributed by atoms with Gasteiger partial charge in [-0.3, -0.25) is 4.79 Å². The molecule has 0 bridgehead atoms. The van der Waals surface area contributed by atoms with Crippen molar-refractivity contribution in [3.05, 3.63) is 70.4 Å². The minimum Gasteiger partial charge on any atom is -0.338 e. The van der Waals surface area contributed by atoms with Crippen LogP contribution in [-0.2, 0) is 0 Å². The smallest absolute Gasteiger partial charge is 0.266 e. The first-order valence-corrected chi connectivity index (χ1v) is 8.50. The maximum Gasteiger partial charge on any atom is 0.266 e. The summed E-state index contributed by atoms with van der Waals surface area (Å²) in [5.74, 6) is 0.654. The van der Waals surface area contributed by atoms with Gasteiger partial charge >= 0.3 is 0 Å². The molecule has 2 aromatic carbocycles. The van der Waals surface area contributed by atoms with Crippen LogP contribution in [0.25, 0.3) is 22.4 Å². The van der Waals surface area contributed by atoms with Crippen molar-refractivity contribution in [2.75, 3.05) is 5.32 Å². The number of anilines is 1. The molecule has 0 unspecified atom stereocenters. The van der Waals surface area contributed by atoms with Crippen molar-refractivity contribution in [1.82, 2.24) is 9.97 Å². The summed E-state index contributed by atoms with van der Waals surface area (Å²) < 4.78 is 0. The number of carbonyl (C=O) groups is 1. The number of aromatic nitrogens is 2. The van der Waals surface area contributed by atoms with Gasteiger partial charge in [0.05, 0.1) is 21.6 Å². The Kier molecular flexibility index (Phi) is 3.63. The van der Waals surface area contributed by atoms with Gasteiger partial charge in [-0.2, -0.15) is 0 Å². The number of rotatable bonds is 3. The highest BCUT2D eigenvalue weighted by atomic mass is 32.1. The largest absolute Gasteiger partial charge is 0.338 e. The molecule has 0 saturated heterocycles. The van der Waals surface area contributed by atoms with E-state index in [2.05, 4.69) is 15.3 Å². The SMILES string of the molecule is Cc1ccsc1C(=O)Nc1ccccc1-c1nc2ccccc2[nH]1. The number of amides is 1. The number of hydrogen-bond acceptors (Lipinski definition) is 3. The maximum atomic E-state index is 12.5. The second-order valence-electron chi connectivity index (χ2n) is 5.54. The third-order valence-electron chi connectivity index (χ3n) is 3.89. The molecule has 2 aromatic heterocycles. The van der Waals surface area contributed by atoms with Crippen LogP contribution in [0.15, 0.2) is 60.0 Å². The van der Waals surface area contributed by atoms with E-state index in [4.69, 9.17) is 0 Å². The molecule has 0 saturated carbocycles. The molecule has 0 atom stereocenters. The van der Waals surface area contributed by atoms with Crippen LogP contribution < -0.4 is 5.32 Å². The topological polar surface area (TPSA) is 57.8 Å². The standard InChI is InChI=1S/C19H15N3OS/c1-12-10-11-24-17(12)19(23)22-14-7-3-2-6-13(14)18-20-15-8-4-5-9-16(15)21-18/h2-11H,1H3,(H,20,21)(H,22,23). The lowest BCUT2D eigenvalue weighted by Crippen LogP contribution is -2.12. The quantitative estimate of drug-likeness (QED) is 0.563. The molecule has 0 spiro atoms. The Morgan fingerprint density at radius 2 is 1.88 bits per heavy atom. The third-order valence-corrected chi connectivity index (χ3v) is 4.90. The fourth-order valence-corrected chi connectivity index (χ4v) is 3.48. The highest BCUT2D eigenvalue weighted by molar-refractivity contribution is 7.12. The Morgan fingerprint density at radius 1 is 1.08 bits per heavy atom. The lowest BCUT2D eigenvalue weighted by atomic mass is 10.1. The second kappa shape index (κ2) is 5.94. The maximum absolute atomic E-state index is 12.5. The Hall–Kier alpha value is -2.92. The van der Waals surface area contributed by atoms with E-state index in [-0.39, 0.29) is 5.91 Å². The van der Waals surface area contributed by atoms with Crippen LogP contribution in [0.1, 0.15) is 15.2 Å². The lowest BCUT2D eigenvalue weighted by molar-refractivity contribution is 0.103. The highest BCUT2D eigenvalue weighted by Gasteiger charge is 2.14. The van der Waals surface area contributed by atoms with Crippen LogP contribution >= 0.6 is 11.3 Å². The average molecular weight is 333 g/mol. The number of thiophene rings is 1. The molecule has 1 amide bonds. The summed E-state index contributed by atoms with van der Waals surface area (Å²) >= 11 is 1.45. The molecular weight excluding hydrogens is 318 g/mol. The molecule has 5 heteroatoms. The molecule has 24 heavy (non-hydrogen) atoms. The third kappa shape index (κ3) is 2.59. The molecule has 4 nitrogen and oxygen atoms in total. The normalized spacial score (nSPS) is 10.9. The molecule has 2 heterocycles. The second-order valence-corrected chi connectivity index (χ2v) is 6.45. The number of imidazole rings is 1. The van der Waals surface area contributed by atoms with Gasteiger partial charge in [-0.1, -0.05) is 24.3 Å². The molecule has 4 aromatic rings. The summed E-state index contributed by atoms with van der Waals surface area (Å²) in [6.45, 7) is 1.94. The molecule has 0 aliphatic heterocycles. The predicted molar refractivity (Wildman–Crippen MR) is 98.5 cm³/mol. The van der Waals surface area contributed by atoms with Crippen molar-refractivity contribution in [2.45, 2.75) is 6.92 Å². The van der Waals surface area contributed by atoms with Crippen molar-refractivity contribution in [3.8, 4) is 11.4 Å². The first kappa shape index (κ1) is 14.7. The van der Waals surface area contributed by atoms with Crippen LogP contribution in [0.5, 0.6) is 0 Å². The predicted octanol–water partition coefficient (Wildman–Crippen LogP) is 4.85. The van der Waals surface area contributed by atoms with Crippen molar-refractivity contribution < 1.29 is 4.79 Å². The Bertz CT molecular complexity index is 999. The van der Waals surface area contributed by atoms with Gasteiger partial charge in [0.15, 0.2) is 0 Å². The van der Waals surface area contributed by atoms with Crippen LogP contribution in [0.3, 0.4) is 0 Å². The van der Waals surface area contributed by atoms with E-state index in [9.17, 15) is 4.79 Å². The van der Waals surface area contributed by atoms with Gasteiger partial charge in [0.1, 0.15) is 5.82 Å². The van der Waals surface area contributed by atoms with Gasteiger partial charge in [-0.05, 0) is 48.2 Å². The first-order valence-electron chi connectivity index (χ1n) is 7.62. The fourth-order valence-electron chi connectivity index (χ4n) is 2.66. The lowest BCUT2D eigenvalue weighted by Gasteiger charge is -2.09. The Labute approximate surface area is 143 Å². The molecular formula is C19H15N3OS. The molecule has 118 valence electrons. The number of H-pyrrole nitrogens is 1. The number of para-hydroxylation sites is 3. The fraction of sp³-hybridized carbons (Fsp3) is 0.0526. The number of nitrogens with zero attached hydrogens (tertiary/aromatic N) is 1. The molecule has 0 fully saturated rings. The zero-order valence-electron chi connectivity index (χ0n) is 13.0. The Balaban J connectivity index is 1.73. The molecule has 0 aliphatic rings. The number of nitrogens with one attached hydrogen (secondary N) is 2. The van der Waals surface area contributed by atoms with Gasteiger partial charge in [-0.15, -0.1) is 11.3 Å². The molecule has 0 radical (unpaired) electrons. The average Bonchev–Trinajstić information content (AvgIpc) is 3.21. The van der Waals surface area contributed by atoms with Crippen LogP contribution in [0.2, 0.25) is 0 Å². The number of benzene rings is 2. The van der Waals surface area contributed by atoms with Gasteiger partial charge < -0.3 is 10.3 Å². The van der Waals surface area contributed by atoms with Crippen LogP contribution in [0, 0.1) is 6.92 Å². The molecule has 2 N–H and O–H groups in total. The number of aryl methyl sites for hydroxylation is 1. The van der Waals surface area contributed by atoms with Crippen molar-refractivity contribution >= 4 is 34.0 Å². The summed E-state index contributed by atoms with van der Waals surface area (Å²) in [5, 5.41) is 4.93. The molecule has 0 aliphatic carbocycles. The van der Waals surface area contributed by atoms with Gasteiger partial charge in [-0.25, -0.2) is 4.98 Å². The van der Waals surface area contributed by atoms with E-state index in [1.807, 2.05) is 66.9 Å². The summed E-state index contributed by atoms with van der Waals surface area (Å²) in [5.41, 5.74) is 4.48. The van der Waals surface area contributed by atoms with Gasteiger partial charge in [0, 0.05) is 5.56 Å². The first-order chi connectivity index (χ1) is 11.7. The van der Waals surface area contributed by atoms with E-state index in [0.29, 0.717) is 0 Å². The van der Waals surface area contributed by atoms with Crippen molar-refractivity contribution in [1.29, 1.82) is 0 Å². The highest BCUT2D eigenvalue weighted by Crippen LogP contribution is 2.28. The minimum atomic E-state index is -0.0916. The van der Waals surface area contributed by atoms with Crippen LogP contribution in [0.4, 0.5) is 5.69 Å². The number of carbonyl (C=O) groups excluding carboxylic acids is 1. The van der Waals surface area contributed by atoms with Crippen molar-refractivity contribution in [2.24, 2.45) is 0 Å². The monoisotopic (exact) mass is 333 g/mol. The van der Waals surface area contributed by atoms with Crippen LogP contribution in [-0.4, -0.2) is 15.9 Å². The van der Waals surface area contributed by atoms with Crippen molar-refractivity contribution in [3.63, 3.8) is 0 Å². The summed E-state index contributed by atoms with van der Waals surface area (Å²) in [7, 11) is 0. The van der Waals surface area contributed by atoms with E-state index in [1.54, 1.807) is 0 Å². The zero-order chi connectivity index (χ0) is 16.5.